The summed E-state index contributed by atoms with van der Waals surface area (Å²) in [7, 11) is 4.08. The molecule has 2 aromatic rings. The maximum Gasteiger partial charge on any atom is 0.251 e. The number of aromatic nitrogens is 3. The fourth-order valence-corrected chi connectivity index (χ4v) is 4.84. The SMILES string of the molecule is CN(C)C[C@H]1[C@H]2C[C@H](CN(C(=O)CCCn3cccn3)C2)c2cccc(=O)n21. The number of carbonyl (C=O) groups excluding carboxylic acids is 1. The van der Waals surface area contributed by atoms with Crippen molar-refractivity contribution in [3.63, 3.8) is 0 Å². The molecule has 0 aliphatic carbocycles. The maximum atomic E-state index is 12.9. The first-order valence-corrected chi connectivity index (χ1v) is 10.1. The van der Waals surface area contributed by atoms with Gasteiger partial charge in [0.2, 0.25) is 5.91 Å². The Morgan fingerprint density at radius 2 is 2.11 bits per heavy atom. The number of pyridine rings is 1. The maximum absolute atomic E-state index is 12.9. The number of piperidine rings is 1. The van der Waals surface area contributed by atoms with Crippen molar-refractivity contribution in [1.29, 1.82) is 0 Å². The highest BCUT2D eigenvalue weighted by Gasteiger charge is 2.41. The summed E-state index contributed by atoms with van der Waals surface area (Å²) < 4.78 is 3.87. The molecule has 2 bridgehead atoms. The number of nitrogens with zero attached hydrogens (tertiary/aromatic N) is 5. The summed E-state index contributed by atoms with van der Waals surface area (Å²) in [6.07, 6.45) is 6.08. The van der Waals surface area contributed by atoms with Crippen LogP contribution in [-0.2, 0) is 11.3 Å². The van der Waals surface area contributed by atoms with Crippen LogP contribution in [0.3, 0.4) is 0 Å². The van der Waals surface area contributed by atoms with Gasteiger partial charge in [0.1, 0.15) is 0 Å². The van der Waals surface area contributed by atoms with Crippen molar-refractivity contribution in [2.45, 2.75) is 37.8 Å². The fourth-order valence-electron chi connectivity index (χ4n) is 4.84. The van der Waals surface area contributed by atoms with E-state index in [4.69, 9.17) is 0 Å². The standard InChI is InChI=1S/C21H29N5O2/c1-23(2)15-19-17-12-16(18-6-3-7-21(28)26(18)19)13-24(14-17)20(27)8-4-10-25-11-5-9-22-25/h3,5-7,9,11,16-17,19H,4,8,10,12-15H2,1-2H3/t16-,17+,19+/m1/s1. The van der Waals surface area contributed by atoms with Crippen LogP contribution in [0.15, 0.2) is 41.5 Å². The van der Waals surface area contributed by atoms with Crippen molar-refractivity contribution >= 4 is 5.91 Å². The number of hydrogen-bond donors (Lipinski definition) is 0. The predicted molar refractivity (Wildman–Crippen MR) is 107 cm³/mol. The molecule has 0 aromatic carbocycles. The van der Waals surface area contributed by atoms with Crippen molar-refractivity contribution in [3.8, 4) is 0 Å². The minimum absolute atomic E-state index is 0.0815. The van der Waals surface area contributed by atoms with E-state index in [0.717, 1.165) is 44.7 Å². The molecule has 0 radical (unpaired) electrons. The molecule has 4 heterocycles. The van der Waals surface area contributed by atoms with Gasteiger partial charge in [0.25, 0.3) is 5.56 Å². The highest BCUT2D eigenvalue weighted by molar-refractivity contribution is 5.76. The van der Waals surface area contributed by atoms with Crippen molar-refractivity contribution < 1.29 is 4.79 Å². The van der Waals surface area contributed by atoms with Crippen LogP contribution in [0.2, 0.25) is 0 Å². The van der Waals surface area contributed by atoms with E-state index in [1.165, 1.54) is 0 Å². The first-order chi connectivity index (χ1) is 13.5. The lowest BCUT2D eigenvalue weighted by molar-refractivity contribution is -0.134. The van der Waals surface area contributed by atoms with Crippen molar-refractivity contribution in [1.82, 2.24) is 24.1 Å². The molecule has 150 valence electrons. The van der Waals surface area contributed by atoms with Gasteiger partial charge in [0, 0.05) is 62.7 Å². The van der Waals surface area contributed by atoms with E-state index in [9.17, 15) is 9.59 Å². The molecular formula is C21H29N5O2. The van der Waals surface area contributed by atoms with Gasteiger partial charge in [-0.25, -0.2) is 0 Å². The zero-order chi connectivity index (χ0) is 19.7. The van der Waals surface area contributed by atoms with E-state index in [0.29, 0.717) is 12.3 Å². The molecule has 1 fully saturated rings. The third-order valence-electron chi connectivity index (χ3n) is 6.04. The summed E-state index contributed by atoms with van der Waals surface area (Å²) in [5.74, 6) is 0.794. The molecule has 1 saturated heterocycles. The van der Waals surface area contributed by atoms with E-state index in [-0.39, 0.29) is 23.4 Å². The molecule has 0 N–H and O–H groups in total. The Labute approximate surface area is 165 Å². The largest absolute Gasteiger partial charge is 0.342 e. The Balaban J connectivity index is 1.49. The lowest BCUT2D eigenvalue weighted by Crippen LogP contribution is -2.52. The van der Waals surface area contributed by atoms with Crippen LogP contribution in [0.25, 0.3) is 0 Å². The summed E-state index contributed by atoms with van der Waals surface area (Å²) in [5, 5.41) is 4.20. The molecule has 2 aliphatic heterocycles. The zero-order valence-electron chi connectivity index (χ0n) is 16.7. The monoisotopic (exact) mass is 383 g/mol. The highest BCUT2D eigenvalue weighted by atomic mass is 16.2. The van der Waals surface area contributed by atoms with Crippen LogP contribution in [0, 0.1) is 5.92 Å². The van der Waals surface area contributed by atoms with Crippen LogP contribution < -0.4 is 5.56 Å². The topological polar surface area (TPSA) is 63.4 Å². The number of hydrogen-bond acceptors (Lipinski definition) is 4. The predicted octanol–water partition coefficient (Wildman–Crippen LogP) is 1.57. The number of amides is 1. The Morgan fingerprint density at radius 3 is 2.86 bits per heavy atom. The van der Waals surface area contributed by atoms with E-state index in [1.807, 2.05) is 46.6 Å². The number of fused-ring (bicyclic) bond motifs is 4. The number of carbonyl (C=O) groups is 1. The molecule has 7 heteroatoms. The van der Waals surface area contributed by atoms with Gasteiger partial charge >= 0.3 is 0 Å². The molecule has 4 rings (SSSR count). The van der Waals surface area contributed by atoms with Gasteiger partial charge < -0.3 is 14.4 Å². The Hall–Kier alpha value is -2.41. The molecule has 1 amide bonds. The summed E-state index contributed by atoms with van der Waals surface area (Å²) in [5.41, 5.74) is 1.17. The molecule has 0 spiro atoms. The minimum Gasteiger partial charge on any atom is -0.342 e. The zero-order valence-corrected chi connectivity index (χ0v) is 16.7. The average molecular weight is 383 g/mol. The summed E-state index contributed by atoms with van der Waals surface area (Å²) >= 11 is 0. The molecule has 0 saturated carbocycles. The number of likely N-dealkylation sites (N-methyl/N-ethyl adjacent to an activating group) is 1. The number of rotatable bonds is 6. The van der Waals surface area contributed by atoms with Crippen molar-refractivity contribution in [2.24, 2.45) is 5.92 Å². The van der Waals surface area contributed by atoms with Crippen molar-refractivity contribution in [2.75, 3.05) is 33.7 Å². The molecule has 2 aliphatic rings. The van der Waals surface area contributed by atoms with Gasteiger partial charge in [0.05, 0.1) is 6.04 Å². The lowest BCUT2D eigenvalue weighted by Gasteiger charge is -2.47. The Morgan fingerprint density at radius 1 is 1.25 bits per heavy atom. The summed E-state index contributed by atoms with van der Waals surface area (Å²) in [6.45, 7) is 3.04. The molecule has 2 aromatic heterocycles. The van der Waals surface area contributed by atoms with E-state index >= 15 is 0 Å². The molecule has 0 unspecified atom stereocenters. The normalized spacial score (nSPS) is 23.7. The van der Waals surface area contributed by atoms with Gasteiger partial charge in [-0.1, -0.05) is 6.07 Å². The average Bonchev–Trinajstić information content (AvgIpc) is 3.18. The third-order valence-corrected chi connectivity index (χ3v) is 6.04. The van der Waals surface area contributed by atoms with Gasteiger partial charge in [-0.2, -0.15) is 5.10 Å². The van der Waals surface area contributed by atoms with Gasteiger partial charge in [0.15, 0.2) is 0 Å². The second-order valence-electron chi connectivity index (χ2n) is 8.35. The first kappa shape index (κ1) is 18.9. The fraction of sp³-hybridized carbons (Fsp3) is 0.571. The van der Waals surface area contributed by atoms with Gasteiger partial charge in [-0.3, -0.25) is 14.3 Å². The highest BCUT2D eigenvalue weighted by Crippen LogP contribution is 2.41. The van der Waals surface area contributed by atoms with Crippen LogP contribution in [0.4, 0.5) is 0 Å². The number of aryl methyl sites for hydroxylation is 1. The summed E-state index contributed by atoms with van der Waals surface area (Å²) in [6, 6.07) is 7.60. The quantitative estimate of drug-likeness (QED) is 0.760. The van der Waals surface area contributed by atoms with Crippen LogP contribution in [0.5, 0.6) is 0 Å². The molecule has 28 heavy (non-hydrogen) atoms. The molecular weight excluding hydrogens is 354 g/mol. The van der Waals surface area contributed by atoms with Crippen molar-refractivity contribution in [3.05, 3.63) is 52.7 Å². The van der Waals surface area contributed by atoms with E-state index in [2.05, 4.69) is 16.1 Å². The second kappa shape index (κ2) is 7.91. The lowest BCUT2D eigenvalue weighted by atomic mass is 9.78. The minimum atomic E-state index is 0.0815. The van der Waals surface area contributed by atoms with Crippen LogP contribution >= 0.6 is 0 Å². The molecule has 3 atom stereocenters. The summed E-state index contributed by atoms with van der Waals surface area (Å²) in [4.78, 5) is 29.7. The third kappa shape index (κ3) is 3.76. The molecule has 7 nitrogen and oxygen atoms in total. The van der Waals surface area contributed by atoms with Gasteiger partial charge in [-0.15, -0.1) is 0 Å². The van der Waals surface area contributed by atoms with Crippen LogP contribution in [0.1, 0.15) is 36.9 Å². The first-order valence-electron chi connectivity index (χ1n) is 10.1. The Kier molecular flexibility index (Phi) is 5.35. The Bertz CT molecular complexity index is 873. The second-order valence-corrected chi connectivity index (χ2v) is 8.35. The number of likely N-dealkylation sites (tertiary alicyclic amines) is 1. The van der Waals surface area contributed by atoms with E-state index in [1.54, 1.807) is 12.3 Å². The van der Waals surface area contributed by atoms with Gasteiger partial charge in [-0.05, 0) is 45.0 Å². The smallest absolute Gasteiger partial charge is 0.251 e. The van der Waals surface area contributed by atoms with Crippen LogP contribution in [-0.4, -0.2) is 63.8 Å². The van der Waals surface area contributed by atoms with E-state index < -0.39 is 0 Å².